The molecule has 0 amide bonds. The normalized spacial score (nSPS) is 14.2. The van der Waals surface area contributed by atoms with Gasteiger partial charge in [0.05, 0.1) is 11.6 Å². The summed E-state index contributed by atoms with van der Waals surface area (Å²) >= 11 is 7.81. The van der Waals surface area contributed by atoms with Crippen molar-refractivity contribution in [3.8, 4) is 5.75 Å². The number of para-hydroxylation sites is 1. The Balaban J connectivity index is 1.65. The number of ether oxygens (including phenoxy) is 2. The number of halogens is 1. The summed E-state index contributed by atoms with van der Waals surface area (Å²) in [6.07, 6.45) is 2.35. The summed E-state index contributed by atoms with van der Waals surface area (Å²) in [4.78, 5) is 0. The first kappa shape index (κ1) is 16.6. The molecule has 0 unspecified atom stereocenters. The fraction of sp³-hybridized carbons (Fsp3) is 0.500. The van der Waals surface area contributed by atoms with Crippen molar-refractivity contribution in [1.82, 2.24) is 14.8 Å². The monoisotopic (exact) mass is 353 g/mol. The lowest BCUT2D eigenvalue weighted by Crippen LogP contribution is -2.07. The van der Waals surface area contributed by atoms with Crippen LogP contribution in [0.2, 0.25) is 5.02 Å². The summed E-state index contributed by atoms with van der Waals surface area (Å²) in [5.41, 5.74) is 0. The molecule has 1 aromatic heterocycles. The van der Waals surface area contributed by atoms with Gasteiger partial charge in [-0.15, -0.1) is 10.2 Å². The zero-order valence-electron chi connectivity index (χ0n) is 13.1. The Morgan fingerprint density at radius 2 is 2.13 bits per heavy atom. The number of benzene rings is 1. The number of rotatable bonds is 9. The Morgan fingerprint density at radius 1 is 1.30 bits per heavy atom. The van der Waals surface area contributed by atoms with Gasteiger partial charge in [-0.25, -0.2) is 0 Å². The maximum atomic E-state index is 6.12. The van der Waals surface area contributed by atoms with E-state index in [0.29, 0.717) is 23.4 Å². The molecule has 1 aliphatic rings. The van der Waals surface area contributed by atoms with E-state index in [1.165, 1.54) is 12.8 Å². The lowest BCUT2D eigenvalue weighted by atomic mass is 10.3. The molecule has 0 radical (unpaired) electrons. The molecule has 0 aliphatic heterocycles. The van der Waals surface area contributed by atoms with Crippen LogP contribution in [0.1, 0.15) is 31.6 Å². The van der Waals surface area contributed by atoms with Crippen LogP contribution in [-0.4, -0.2) is 33.7 Å². The minimum absolute atomic E-state index is 0.374. The van der Waals surface area contributed by atoms with E-state index in [1.54, 1.807) is 11.8 Å². The smallest absolute Gasteiger partial charge is 0.191 e. The van der Waals surface area contributed by atoms with E-state index >= 15 is 0 Å². The van der Waals surface area contributed by atoms with Gasteiger partial charge in [-0.05, 0) is 31.9 Å². The average molecular weight is 354 g/mol. The summed E-state index contributed by atoms with van der Waals surface area (Å²) in [6.45, 7) is 3.84. The van der Waals surface area contributed by atoms with Crippen LogP contribution in [0.3, 0.4) is 0 Å². The second kappa shape index (κ2) is 8.04. The van der Waals surface area contributed by atoms with E-state index in [1.807, 2.05) is 31.2 Å². The maximum Gasteiger partial charge on any atom is 0.191 e. The number of hydrogen-bond acceptors (Lipinski definition) is 5. The minimum Gasteiger partial charge on any atom is -0.484 e. The van der Waals surface area contributed by atoms with Crippen molar-refractivity contribution in [1.29, 1.82) is 0 Å². The zero-order valence-corrected chi connectivity index (χ0v) is 14.6. The van der Waals surface area contributed by atoms with Crippen molar-refractivity contribution < 1.29 is 9.47 Å². The van der Waals surface area contributed by atoms with E-state index in [0.717, 1.165) is 29.9 Å². The molecule has 0 N–H and O–H groups in total. The van der Waals surface area contributed by atoms with Gasteiger partial charge in [-0.3, -0.25) is 0 Å². The first-order valence-corrected chi connectivity index (χ1v) is 9.17. The summed E-state index contributed by atoms with van der Waals surface area (Å²) in [5, 5.41) is 10.2. The molecule has 124 valence electrons. The summed E-state index contributed by atoms with van der Waals surface area (Å²) in [6, 6.07) is 7.97. The molecule has 0 saturated heterocycles. The first-order valence-electron chi connectivity index (χ1n) is 7.81. The molecule has 1 aliphatic carbocycles. The summed E-state index contributed by atoms with van der Waals surface area (Å²) < 4.78 is 13.4. The van der Waals surface area contributed by atoms with Gasteiger partial charge >= 0.3 is 0 Å². The molecular weight excluding hydrogens is 334 g/mol. The zero-order chi connectivity index (χ0) is 16.1. The van der Waals surface area contributed by atoms with Crippen LogP contribution in [0.15, 0.2) is 29.4 Å². The second-order valence-corrected chi connectivity index (χ2v) is 6.73. The molecule has 1 aromatic carbocycles. The highest BCUT2D eigenvalue weighted by Crippen LogP contribution is 2.39. The molecule has 0 spiro atoms. The van der Waals surface area contributed by atoms with Crippen LogP contribution in [-0.2, 0) is 11.3 Å². The van der Waals surface area contributed by atoms with Crippen LogP contribution in [0.5, 0.6) is 5.75 Å². The van der Waals surface area contributed by atoms with Gasteiger partial charge in [0.25, 0.3) is 0 Å². The molecule has 0 bridgehead atoms. The Bertz CT molecular complexity index is 646. The first-order chi connectivity index (χ1) is 11.3. The van der Waals surface area contributed by atoms with Crippen LogP contribution in [0.4, 0.5) is 0 Å². The lowest BCUT2D eigenvalue weighted by molar-refractivity contribution is 0.164. The predicted octanol–water partition coefficient (Wildman–Crippen LogP) is 3.97. The lowest BCUT2D eigenvalue weighted by Gasteiger charge is -2.10. The Morgan fingerprint density at radius 3 is 2.87 bits per heavy atom. The fourth-order valence-electron chi connectivity index (χ4n) is 2.24. The third-order valence-corrected chi connectivity index (χ3v) is 4.72. The van der Waals surface area contributed by atoms with Crippen molar-refractivity contribution in [2.24, 2.45) is 0 Å². The Labute approximate surface area is 145 Å². The standard InChI is InChI=1S/C16H20ClN3O2S/c1-2-21-9-10-23-16-19-18-15(20(16)12-7-8-12)11-22-14-6-4-3-5-13(14)17/h3-6,12H,2,7-11H2,1H3. The number of hydrogen-bond donors (Lipinski definition) is 0. The van der Waals surface area contributed by atoms with Crippen LogP contribution < -0.4 is 4.74 Å². The van der Waals surface area contributed by atoms with Crippen molar-refractivity contribution in [3.63, 3.8) is 0 Å². The van der Waals surface area contributed by atoms with E-state index in [4.69, 9.17) is 21.1 Å². The van der Waals surface area contributed by atoms with Crippen LogP contribution in [0.25, 0.3) is 0 Å². The van der Waals surface area contributed by atoms with Gasteiger partial charge < -0.3 is 14.0 Å². The Kier molecular flexibility index (Phi) is 5.80. The van der Waals surface area contributed by atoms with E-state index in [9.17, 15) is 0 Å². The van der Waals surface area contributed by atoms with Gasteiger partial charge in [-0.2, -0.15) is 0 Å². The van der Waals surface area contributed by atoms with E-state index in [2.05, 4.69) is 14.8 Å². The topological polar surface area (TPSA) is 49.2 Å². The largest absolute Gasteiger partial charge is 0.484 e. The van der Waals surface area contributed by atoms with Gasteiger partial charge in [-0.1, -0.05) is 35.5 Å². The highest BCUT2D eigenvalue weighted by molar-refractivity contribution is 7.99. The molecule has 1 heterocycles. The summed E-state index contributed by atoms with van der Waals surface area (Å²) in [7, 11) is 0. The SMILES string of the molecule is CCOCCSc1nnc(COc2ccccc2Cl)n1C1CC1. The third-order valence-electron chi connectivity index (χ3n) is 3.50. The summed E-state index contributed by atoms with van der Waals surface area (Å²) in [5.74, 6) is 2.40. The fourth-order valence-corrected chi connectivity index (χ4v) is 3.31. The molecule has 3 rings (SSSR count). The van der Waals surface area contributed by atoms with Crippen LogP contribution >= 0.6 is 23.4 Å². The highest BCUT2D eigenvalue weighted by Gasteiger charge is 2.29. The highest BCUT2D eigenvalue weighted by atomic mass is 35.5. The number of thioether (sulfide) groups is 1. The second-order valence-electron chi connectivity index (χ2n) is 5.26. The van der Waals surface area contributed by atoms with E-state index < -0.39 is 0 Å². The molecular formula is C16H20ClN3O2S. The molecule has 2 aromatic rings. The third kappa shape index (κ3) is 4.40. The van der Waals surface area contributed by atoms with Crippen molar-refractivity contribution in [2.45, 2.75) is 37.6 Å². The van der Waals surface area contributed by atoms with Gasteiger partial charge in [0, 0.05) is 18.4 Å². The average Bonchev–Trinajstić information content (AvgIpc) is 3.32. The maximum absolute atomic E-state index is 6.12. The van der Waals surface area contributed by atoms with Gasteiger partial charge in [0.1, 0.15) is 12.4 Å². The molecule has 7 heteroatoms. The number of nitrogens with zero attached hydrogens (tertiary/aromatic N) is 3. The molecule has 5 nitrogen and oxygen atoms in total. The number of aromatic nitrogens is 3. The molecule has 23 heavy (non-hydrogen) atoms. The van der Waals surface area contributed by atoms with Crippen LogP contribution in [0, 0.1) is 0 Å². The quantitative estimate of drug-likeness (QED) is 0.504. The van der Waals surface area contributed by atoms with Gasteiger partial charge in [0.15, 0.2) is 11.0 Å². The molecule has 1 saturated carbocycles. The Hall–Kier alpha value is -1.24. The molecule has 1 fully saturated rings. The van der Waals surface area contributed by atoms with Crippen molar-refractivity contribution >= 4 is 23.4 Å². The van der Waals surface area contributed by atoms with E-state index in [-0.39, 0.29) is 0 Å². The van der Waals surface area contributed by atoms with Crippen molar-refractivity contribution in [3.05, 3.63) is 35.1 Å². The molecule has 0 atom stereocenters. The predicted molar refractivity (Wildman–Crippen MR) is 91.3 cm³/mol. The van der Waals surface area contributed by atoms with Crippen molar-refractivity contribution in [2.75, 3.05) is 19.0 Å². The van der Waals surface area contributed by atoms with Gasteiger partial charge in [0.2, 0.25) is 0 Å². The minimum atomic E-state index is 0.374.